The molecule has 0 aliphatic rings. The van der Waals surface area contributed by atoms with Gasteiger partial charge in [-0.2, -0.15) is 4.80 Å². The maximum atomic E-state index is 12.5. The largest absolute Gasteiger partial charge is 0.366 e. The predicted octanol–water partition coefficient (Wildman–Crippen LogP) is 2.65. The highest BCUT2D eigenvalue weighted by atomic mass is 79.9. The summed E-state index contributed by atoms with van der Waals surface area (Å²) in [5.41, 5.74) is 6.87. The molecule has 0 fully saturated rings. The van der Waals surface area contributed by atoms with E-state index in [1.807, 2.05) is 0 Å². The van der Waals surface area contributed by atoms with E-state index in [4.69, 9.17) is 5.73 Å². The Labute approximate surface area is 152 Å². The van der Waals surface area contributed by atoms with Crippen LogP contribution in [0.1, 0.15) is 33.7 Å². The number of amides is 1. The minimum absolute atomic E-state index is 0.111. The molecule has 0 radical (unpaired) electrons. The molecule has 2 N–H and O–H groups in total. The lowest BCUT2D eigenvalue weighted by molar-refractivity contribution is 0.0917. The smallest absolute Gasteiger partial charge is 0.248 e. The molecule has 2 aromatic carbocycles. The van der Waals surface area contributed by atoms with Crippen molar-refractivity contribution in [2.45, 2.75) is 13.0 Å². The number of halogens is 1. The van der Waals surface area contributed by atoms with Crippen LogP contribution in [0.25, 0.3) is 11.4 Å². The average Bonchev–Trinajstić information content (AvgIpc) is 3.11. The summed E-state index contributed by atoms with van der Waals surface area (Å²) in [7, 11) is 0. The summed E-state index contributed by atoms with van der Waals surface area (Å²) in [4.78, 5) is 24.9. The maximum Gasteiger partial charge on any atom is 0.248 e. The van der Waals surface area contributed by atoms with Crippen LogP contribution in [0.5, 0.6) is 0 Å². The molecule has 25 heavy (non-hydrogen) atoms. The second-order valence-corrected chi connectivity index (χ2v) is 6.34. The summed E-state index contributed by atoms with van der Waals surface area (Å²) in [5.74, 6) is -0.246. The Morgan fingerprint density at radius 1 is 1.04 bits per heavy atom. The highest BCUT2D eigenvalue weighted by molar-refractivity contribution is 9.10. The van der Waals surface area contributed by atoms with Crippen LogP contribution >= 0.6 is 15.9 Å². The van der Waals surface area contributed by atoms with Gasteiger partial charge in [-0.15, -0.1) is 10.2 Å². The molecule has 1 aromatic heterocycles. The summed E-state index contributed by atoms with van der Waals surface area (Å²) < 4.78 is 0.900. The number of carbonyl (C=O) groups is 2. The summed E-state index contributed by atoms with van der Waals surface area (Å²) in [6, 6.07) is 13.1. The van der Waals surface area contributed by atoms with Gasteiger partial charge in [-0.3, -0.25) is 9.59 Å². The third-order valence-electron chi connectivity index (χ3n) is 3.71. The molecular weight excluding hydrogens is 386 g/mol. The molecule has 0 spiro atoms. The van der Waals surface area contributed by atoms with Gasteiger partial charge in [0.1, 0.15) is 6.04 Å². The number of ketones is 1. The van der Waals surface area contributed by atoms with Gasteiger partial charge in [0.15, 0.2) is 5.78 Å². The van der Waals surface area contributed by atoms with Crippen LogP contribution in [-0.4, -0.2) is 31.9 Å². The first kappa shape index (κ1) is 17.0. The molecule has 3 rings (SSSR count). The van der Waals surface area contributed by atoms with E-state index in [1.54, 1.807) is 55.5 Å². The van der Waals surface area contributed by atoms with Crippen LogP contribution in [0.3, 0.4) is 0 Å². The highest BCUT2D eigenvalue weighted by Crippen LogP contribution is 2.18. The van der Waals surface area contributed by atoms with Gasteiger partial charge in [0.2, 0.25) is 11.7 Å². The molecule has 0 unspecified atom stereocenters. The molecule has 0 bridgehead atoms. The molecule has 1 amide bonds. The fourth-order valence-corrected chi connectivity index (χ4v) is 2.51. The topological polar surface area (TPSA) is 104 Å². The zero-order valence-corrected chi connectivity index (χ0v) is 14.8. The van der Waals surface area contributed by atoms with Crippen molar-refractivity contribution in [2.75, 3.05) is 0 Å². The number of hydrogen-bond donors (Lipinski definition) is 1. The number of hydrogen-bond acceptors (Lipinski definition) is 5. The zero-order valence-electron chi connectivity index (χ0n) is 13.3. The van der Waals surface area contributed by atoms with Gasteiger partial charge in [0.05, 0.1) is 0 Å². The Morgan fingerprint density at radius 3 is 2.24 bits per heavy atom. The van der Waals surface area contributed by atoms with E-state index in [9.17, 15) is 9.59 Å². The molecular formula is C17H14BrN5O2. The molecule has 8 heteroatoms. The van der Waals surface area contributed by atoms with E-state index in [0.29, 0.717) is 22.5 Å². The first-order valence-corrected chi connectivity index (χ1v) is 8.24. The van der Waals surface area contributed by atoms with Crippen LogP contribution in [0.15, 0.2) is 53.0 Å². The number of nitrogens with two attached hydrogens (primary N) is 1. The number of rotatable bonds is 5. The first-order chi connectivity index (χ1) is 12.0. The zero-order chi connectivity index (χ0) is 18.0. The van der Waals surface area contributed by atoms with Crippen molar-refractivity contribution in [3.63, 3.8) is 0 Å². The molecule has 0 saturated carbocycles. The van der Waals surface area contributed by atoms with Gasteiger partial charge in [0.25, 0.3) is 0 Å². The fourth-order valence-electron chi connectivity index (χ4n) is 2.25. The van der Waals surface area contributed by atoms with E-state index in [1.165, 1.54) is 4.80 Å². The molecule has 3 aromatic rings. The van der Waals surface area contributed by atoms with E-state index in [2.05, 4.69) is 31.3 Å². The van der Waals surface area contributed by atoms with Crippen LogP contribution in [0.2, 0.25) is 0 Å². The lowest BCUT2D eigenvalue weighted by Gasteiger charge is -2.08. The SMILES string of the molecule is C[C@H](C(=O)c1ccc(Br)cc1)n1nnc(-c2ccc(C(N)=O)cc2)n1. The number of nitrogens with zero attached hydrogens (tertiary/aromatic N) is 4. The lowest BCUT2D eigenvalue weighted by Crippen LogP contribution is -2.19. The maximum absolute atomic E-state index is 12.5. The number of Topliss-reactive ketones (excluding diaryl/α,β-unsaturated/α-hetero) is 1. The average molecular weight is 400 g/mol. The minimum Gasteiger partial charge on any atom is -0.366 e. The molecule has 126 valence electrons. The quantitative estimate of drug-likeness (QED) is 0.664. The molecule has 0 aliphatic carbocycles. The van der Waals surface area contributed by atoms with E-state index < -0.39 is 11.9 Å². The summed E-state index contributed by atoms with van der Waals surface area (Å²) in [6.07, 6.45) is 0. The Kier molecular flexibility index (Phi) is 4.71. The number of tetrazole rings is 1. The van der Waals surface area contributed by atoms with Gasteiger partial charge in [-0.25, -0.2) is 0 Å². The van der Waals surface area contributed by atoms with Crippen molar-refractivity contribution in [3.05, 3.63) is 64.1 Å². The second kappa shape index (κ2) is 6.94. The Bertz CT molecular complexity index is 919. The number of benzene rings is 2. The van der Waals surface area contributed by atoms with Gasteiger partial charge >= 0.3 is 0 Å². The van der Waals surface area contributed by atoms with Gasteiger partial charge in [-0.1, -0.05) is 40.2 Å². The normalized spacial score (nSPS) is 11.9. The van der Waals surface area contributed by atoms with Gasteiger partial charge < -0.3 is 5.73 Å². The van der Waals surface area contributed by atoms with Crippen LogP contribution in [-0.2, 0) is 0 Å². The fraction of sp³-hybridized carbons (Fsp3) is 0.118. The van der Waals surface area contributed by atoms with E-state index >= 15 is 0 Å². The number of primary amides is 1. The van der Waals surface area contributed by atoms with Crippen LogP contribution < -0.4 is 5.73 Å². The summed E-state index contributed by atoms with van der Waals surface area (Å²) in [5, 5.41) is 12.2. The Morgan fingerprint density at radius 2 is 1.64 bits per heavy atom. The third-order valence-corrected chi connectivity index (χ3v) is 4.24. The molecule has 1 heterocycles. The first-order valence-electron chi connectivity index (χ1n) is 7.45. The predicted molar refractivity (Wildman–Crippen MR) is 95.0 cm³/mol. The van der Waals surface area contributed by atoms with E-state index in [-0.39, 0.29) is 5.78 Å². The highest BCUT2D eigenvalue weighted by Gasteiger charge is 2.20. The van der Waals surface area contributed by atoms with Gasteiger partial charge in [0, 0.05) is 21.2 Å². The molecule has 0 saturated heterocycles. The van der Waals surface area contributed by atoms with E-state index in [0.717, 1.165) is 4.47 Å². The molecule has 0 aliphatic heterocycles. The summed E-state index contributed by atoms with van der Waals surface area (Å²) in [6.45, 7) is 1.71. The van der Waals surface area contributed by atoms with Gasteiger partial charge in [-0.05, 0) is 36.4 Å². The Balaban J connectivity index is 1.81. The minimum atomic E-state index is -0.590. The molecule has 7 nitrogen and oxygen atoms in total. The molecule has 1 atom stereocenters. The van der Waals surface area contributed by atoms with Crippen LogP contribution in [0.4, 0.5) is 0 Å². The van der Waals surface area contributed by atoms with Crippen molar-refractivity contribution < 1.29 is 9.59 Å². The summed E-state index contributed by atoms with van der Waals surface area (Å²) >= 11 is 3.34. The lowest BCUT2D eigenvalue weighted by atomic mass is 10.1. The monoisotopic (exact) mass is 399 g/mol. The van der Waals surface area contributed by atoms with Crippen molar-refractivity contribution >= 4 is 27.6 Å². The third kappa shape index (κ3) is 3.63. The van der Waals surface area contributed by atoms with Crippen LogP contribution in [0, 0.1) is 0 Å². The van der Waals surface area contributed by atoms with Crippen molar-refractivity contribution in [1.29, 1.82) is 0 Å². The number of aromatic nitrogens is 4. The number of carbonyl (C=O) groups excluding carboxylic acids is 2. The van der Waals surface area contributed by atoms with Crippen molar-refractivity contribution in [1.82, 2.24) is 20.2 Å². The Hall–Kier alpha value is -2.87. The van der Waals surface area contributed by atoms with Crippen molar-refractivity contribution in [2.24, 2.45) is 5.73 Å². The second-order valence-electron chi connectivity index (χ2n) is 5.42. The van der Waals surface area contributed by atoms with Crippen molar-refractivity contribution in [3.8, 4) is 11.4 Å². The standard InChI is InChI=1S/C17H14BrN5O2/c1-10(15(24)11-6-8-14(18)9-7-11)23-21-17(20-22-23)13-4-2-12(3-5-13)16(19)25/h2-10H,1H3,(H2,19,25)/t10-/m1/s1.